The third kappa shape index (κ3) is 3.23. The maximum Gasteiger partial charge on any atom is 0.269 e. The van der Waals surface area contributed by atoms with Crippen LogP contribution in [0.4, 0.5) is 0 Å². The number of nitrogens with one attached hydrogen (secondary N) is 2. The first-order chi connectivity index (χ1) is 12.9. The van der Waals surface area contributed by atoms with Gasteiger partial charge >= 0.3 is 0 Å². The van der Waals surface area contributed by atoms with Crippen molar-refractivity contribution in [2.75, 3.05) is 0 Å². The summed E-state index contributed by atoms with van der Waals surface area (Å²) in [6, 6.07) is 6.00. The number of aromatic nitrogens is 5. The maximum absolute atomic E-state index is 12.8. The number of nitrogens with zero attached hydrogens (tertiary/aromatic N) is 4. The second-order valence-corrected chi connectivity index (χ2v) is 7.53. The van der Waals surface area contributed by atoms with E-state index in [-0.39, 0.29) is 11.9 Å². The van der Waals surface area contributed by atoms with Crippen molar-refractivity contribution >= 4 is 22.2 Å². The molecule has 0 spiro atoms. The number of H-pyrrole nitrogens is 1. The highest BCUT2D eigenvalue weighted by Crippen LogP contribution is 2.27. The van der Waals surface area contributed by atoms with Crippen molar-refractivity contribution in [3.8, 4) is 11.3 Å². The number of thiazole rings is 1. The van der Waals surface area contributed by atoms with E-state index in [1.807, 2.05) is 29.8 Å². The molecule has 1 unspecified atom stereocenters. The normalized spacial score (nSPS) is 12.4. The summed E-state index contributed by atoms with van der Waals surface area (Å²) in [4.78, 5) is 22.5. The number of fused-ring (bicyclic) bond motifs is 1. The molecule has 0 saturated heterocycles. The Morgan fingerprint density at radius 3 is 2.81 bits per heavy atom. The predicted molar refractivity (Wildman–Crippen MR) is 105 cm³/mol. The summed E-state index contributed by atoms with van der Waals surface area (Å²) in [6.07, 6.45) is 1.92. The summed E-state index contributed by atoms with van der Waals surface area (Å²) in [5.74, 6) is 1.10. The van der Waals surface area contributed by atoms with Gasteiger partial charge in [-0.05, 0) is 39.3 Å². The van der Waals surface area contributed by atoms with Gasteiger partial charge < -0.3 is 5.32 Å². The van der Waals surface area contributed by atoms with Gasteiger partial charge in [-0.25, -0.2) is 9.97 Å². The molecule has 0 saturated carbocycles. The van der Waals surface area contributed by atoms with Crippen molar-refractivity contribution in [2.45, 2.75) is 33.7 Å². The Hall–Kier alpha value is -3.00. The number of hydrogen-bond donors (Lipinski definition) is 2. The van der Waals surface area contributed by atoms with E-state index in [1.54, 1.807) is 0 Å². The number of imidazole rings is 1. The third-order valence-electron chi connectivity index (χ3n) is 4.46. The van der Waals surface area contributed by atoms with Gasteiger partial charge in [0, 0.05) is 17.1 Å². The molecule has 0 fully saturated rings. The Kier molecular flexibility index (Phi) is 4.27. The van der Waals surface area contributed by atoms with Crippen molar-refractivity contribution in [3.63, 3.8) is 0 Å². The molecule has 2 N–H and O–H groups in total. The van der Waals surface area contributed by atoms with E-state index in [2.05, 4.69) is 52.5 Å². The molecule has 138 valence electrons. The van der Waals surface area contributed by atoms with E-state index < -0.39 is 0 Å². The van der Waals surface area contributed by atoms with Crippen LogP contribution in [0.1, 0.15) is 46.2 Å². The molecule has 0 radical (unpaired) electrons. The third-order valence-corrected chi connectivity index (χ3v) is 5.30. The number of carbonyl (C=O) groups excluding carboxylic acids is 1. The van der Waals surface area contributed by atoms with E-state index in [1.165, 1.54) is 16.9 Å². The molecule has 1 aromatic carbocycles. The fourth-order valence-electron chi connectivity index (χ4n) is 2.98. The van der Waals surface area contributed by atoms with Gasteiger partial charge in [-0.2, -0.15) is 5.10 Å². The van der Waals surface area contributed by atoms with Crippen LogP contribution in [0.5, 0.6) is 0 Å². The molecule has 8 heteroatoms. The Balaban J connectivity index is 1.64. The van der Waals surface area contributed by atoms with Crippen molar-refractivity contribution in [2.24, 2.45) is 0 Å². The van der Waals surface area contributed by atoms with Crippen molar-refractivity contribution in [3.05, 3.63) is 58.2 Å². The molecule has 27 heavy (non-hydrogen) atoms. The zero-order chi connectivity index (χ0) is 19.1. The van der Waals surface area contributed by atoms with Crippen LogP contribution in [-0.2, 0) is 0 Å². The number of amides is 1. The van der Waals surface area contributed by atoms with E-state index in [4.69, 9.17) is 4.98 Å². The van der Waals surface area contributed by atoms with Crippen molar-refractivity contribution in [1.82, 2.24) is 29.9 Å². The van der Waals surface area contributed by atoms with Crippen LogP contribution in [0, 0.1) is 20.8 Å². The monoisotopic (exact) mass is 380 g/mol. The molecule has 4 rings (SSSR count). The lowest BCUT2D eigenvalue weighted by Crippen LogP contribution is -2.28. The van der Waals surface area contributed by atoms with E-state index in [9.17, 15) is 4.79 Å². The zero-order valence-electron chi connectivity index (χ0n) is 15.6. The lowest BCUT2D eigenvalue weighted by atomic mass is 10.0. The standard InChI is InChI=1S/C19H20N6OS/c1-10-5-6-11(2)14(7-10)15-8-25-16(9-27-19(25)22-15)18(26)20-12(3)17-21-13(4)23-24-17/h5-9,12H,1-4H3,(H,20,26)(H,21,23,24). The van der Waals surface area contributed by atoms with Crippen LogP contribution in [0.2, 0.25) is 0 Å². The number of aromatic amines is 1. The highest BCUT2D eigenvalue weighted by atomic mass is 32.1. The van der Waals surface area contributed by atoms with Gasteiger partial charge in [0.05, 0.1) is 11.7 Å². The van der Waals surface area contributed by atoms with Gasteiger partial charge in [0.15, 0.2) is 10.8 Å². The fourth-order valence-corrected chi connectivity index (χ4v) is 3.83. The van der Waals surface area contributed by atoms with Gasteiger partial charge in [0.1, 0.15) is 11.5 Å². The number of benzene rings is 1. The van der Waals surface area contributed by atoms with E-state index >= 15 is 0 Å². The van der Waals surface area contributed by atoms with Gasteiger partial charge in [0.25, 0.3) is 5.91 Å². The quantitative estimate of drug-likeness (QED) is 0.566. The molecule has 1 amide bonds. The molecule has 3 heterocycles. The summed E-state index contributed by atoms with van der Waals surface area (Å²) >= 11 is 1.45. The molecule has 3 aromatic heterocycles. The van der Waals surface area contributed by atoms with Crippen LogP contribution in [-0.4, -0.2) is 30.5 Å². The molecular weight excluding hydrogens is 360 g/mol. The van der Waals surface area contributed by atoms with Gasteiger partial charge in [-0.15, -0.1) is 11.3 Å². The lowest BCUT2D eigenvalue weighted by Gasteiger charge is -2.09. The van der Waals surface area contributed by atoms with Crippen molar-refractivity contribution < 1.29 is 4.79 Å². The van der Waals surface area contributed by atoms with E-state index in [0.717, 1.165) is 27.6 Å². The summed E-state index contributed by atoms with van der Waals surface area (Å²) in [7, 11) is 0. The van der Waals surface area contributed by atoms with Crippen LogP contribution < -0.4 is 5.32 Å². The SMILES string of the molecule is Cc1ccc(C)c(-c2cn3c(C(=O)NC(C)c4n[nH]c(C)n4)csc3n2)c1. The first-order valence-electron chi connectivity index (χ1n) is 8.66. The first-order valence-corrected chi connectivity index (χ1v) is 9.54. The summed E-state index contributed by atoms with van der Waals surface area (Å²) in [5.41, 5.74) is 4.85. The second-order valence-electron chi connectivity index (χ2n) is 6.69. The molecule has 7 nitrogen and oxygen atoms in total. The zero-order valence-corrected chi connectivity index (χ0v) is 16.4. The molecule has 0 aliphatic carbocycles. The second kappa shape index (κ2) is 6.62. The molecule has 0 aliphatic rings. The van der Waals surface area contributed by atoms with Crippen LogP contribution in [0.25, 0.3) is 16.2 Å². The first kappa shape index (κ1) is 17.4. The highest BCUT2D eigenvalue weighted by Gasteiger charge is 2.19. The van der Waals surface area contributed by atoms with Crippen LogP contribution in [0.15, 0.2) is 29.8 Å². The molecule has 1 atom stereocenters. The van der Waals surface area contributed by atoms with Gasteiger partial charge in [0.2, 0.25) is 0 Å². The smallest absolute Gasteiger partial charge is 0.269 e. The summed E-state index contributed by atoms with van der Waals surface area (Å²) < 4.78 is 1.84. The Labute approximate surface area is 160 Å². The minimum Gasteiger partial charge on any atom is -0.341 e. The minimum absolute atomic E-state index is 0.180. The van der Waals surface area contributed by atoms with Crippen molar-refractivity contribution in [1.29, 1.82) is 0 Å². The molecule has 0 aliphatic heterocycles. The molecular formula is C19H20N6OS. The van der Waals surface area contributed by atoms with E-state index in [0.29, 0.717) is 11.5 Å². The van der Waals surface area contributed by atoms with Crippen LogP contribution in [0.3, 0.4) is 0 Å². The Bertz CT molecular complexity index is 1140. The molecule has 0 bridgehead atoms. The summed E-state index contributed by atoms with van der Waals surface area (Å²) in [5, 5.41) is 11.7. The topological polar surface area (TPSA) is 88.0 Å². The average molecular weight is 380 g/mol. The predicted octanol–water partition coefficient (Wildman–Crippen LogP) is 3.60. The number of hydrogen-bond acceptors (Lipinski definition) is 5. The number of aryl methyl sites for hydroxylation is 3. The largest absolute Gasteiger partial charge is 0.341 e. The lowest BCUT2D eigenvalue weighted by molar-refractivity contribution is 0.0932. The number of rotatable bonds is 4. The van der Waals surface area contributed by atoms with Crippen LogP contribution >= 0.6 is 11.3 Å². The Morgan fingerprint density at radius 2 is 2.07 bits per heavy atom. The number of carbonyl (C=O) groups is 1. The fraction of sp³-hybridized carbons (Fsp3) is 0.263. The van der Waals surface area contributed by atoms with Gasteiger partial charge in [-0.1, -0.05) is 17.7 Å². The maximum atomic E-state index is 12.8. The summed E-state index contributed by atoms with van der Waals surface area (Å²) in [6.45, 7) is 7.82. The minimum atomic E-state index is -0.292. The Morgan fingerprint density at radius 1 is 1.26 bits per heavy atom. The average Bonchev–Trinajstić information content (AvgIpc) is 3.32. The van der Waals surface area contributed by atoms with Gasteiger partial charge in [-0.3, -0.25) is 14.3 Å². The highest BCUT2D eigenvalue weighted by molar-refractivity contribution is 7.15. The molecule has 4 aromatic rings.